The largest absolute Gasteiger partial charge is 0.504 e. The molecule has 1 N–H and O–H groups in total. The summed E-state index contributed by atoms with van der Waals surface area (Å²) >= 11 is 7.81. The first-order valence-corrected chi connectivity index (χ1v) is 12.0. The lowest BCUT2D eigenvalue weighted by Crippen LogP contribution is -2.38. The number of benzene rings is 2. The minimum atomic E-state index is -0.627. The first-order valence-electron chi connectivity index (χ1n) is 10.8. The minimum Gasteiger partial charge on any atom is -0.504 e. The van der Waals surface area contributed by atoms with Gasteiger partial charge in [0.25, 0.3) is 0 Å². The van der Waals surface area contributed by atoms with Crippen LogP contribution >= 0.6 is 22.9 Å². The van der Waals surface area contributed by atoms with Crippen LogP contribution in [0.4, 0.5) is 0 Å². The molecular weight excluding hydrogens is 490 g/mol. The maximum Gasteiger partial charge on any atom is 0.336 e. The molecular formula is C26H24ClNO6S. The van der Waals surface area contributed by atoms with Crippen LogP contribution < -0.4 is 9.47 Å². The lowest BCUT2D eigenvalue weighted by atomic mass is 10.0. The average molecular weight is 514 g/mol. The molecule has 1 aliphatic rings. The minimum absolute atomic E-state index is 0.0226. The van der Waals surface area contributed by atoms with Crippen LogP contribution in [0, 0.1) is 0 Å². The Labute approximate surface area is 212 Å². The Morgan fingerprint density at radius 1 is 1.17 bits per heavy atom. The highest BCUT2D eigenvalue weighted by Crippen LogP contribution is 2.38. The van der Waals surface area contributed by atoms with E-state index < -0.39 is 12.0 Å². The highest BCUT2D eigenvalue weighted by Gasteiger charge is 2.33. The van der Waals surface area contributed by atoms with Crippen LogP contribution in [0.5, 0.6) is 16.6 Å². The number of phenolic OH excluding ortho intramolecular Hbond substituents is 1. The number of ether oxygens (including phenoxy) is 3. The number of phenols is 1. The molecule has 7 nitrogen and oxygen atoms in total. The molecule has 0 spiro atoms. The Balaban J connectivity index is 1.46. The monoisotopic (exact) mass is 513 g/mol. The van der Waals surface area contributed by atoms with E-state index in [0.717, 1.165) is 10.4 Å². The Hall–Kier alpha value is -3.33. The lowest BCUT2D eigenvalue weighted by molar-refractivity contribution is -0.147. The third-order valence-electron chi connectivity index (χ3n) is 5.68. The van der Waals surface area contributed by atoms with Gasteiger partial charge in [-0.25, -0.2) is 9.59 Å². The van der Waals surface area contributed by atoms with Gasteiger partial charge in [-0.15, -0.1) is 11.3 Å². The molecule has 0 bridgehead atoms. The van der Waals surface area contributed by atoms with Crippen molar-refractivity contribution in [2.24, 2.45) is 0 Å². The Morgan fingerprint density at radius 3 is 2.71 bits per heavy atom. The Kier molecular flexibility index (Phi) is 7.75. The number of esters is 2. The number of rotatable bonds is 7. The maximum atomic E-state index is 12.7. The van der Waals surface area contributed by atoms with Gasteiger partial charge in [0.2, 0.25) is 0 Å². The zero-order valence-corrected chi connectivity index (χ0v) is 20.8. The molecule has 2 heterocycles. The molecule has 9 heteroatoms. The molecule has 3 aromatic rings. The summed E-state index contributed by atoms with van der Waals surface area (Å²) in [6, 6.07) is 13.2. The molecule has 0 saturated carbocycles. The van der Waals surface area contributed by atoms with Gasteiger partial charge in [0.05, 0.1) is 14.2 Å². The molecule has 0 amide bonds. The Morgan fingerprint density at radius 2 is 1.97 bits per heavy atom. The van der Waals surface area contributed by atoms with Crippen molar-refractivity contribution in [3.63, 3.8) is 0 Å². The summed E-state index contributed by atoms with van der Waals surface area (Å²) in [7, 11) is 2.82. The van der Waals surface area contributed by atoms with Crippen LogP contribution in [-0.2, 0) is 27.3 Å². The van der Waals surface area contributed by atoms with Crippen molar-refractivity contribution in [3.05, 3.63) is 81.2 Å². The summed E-state index contributed by atoms with van der Waals surface area (Å²) in [5, 5.41) is 10.7. The fraction of sp³-hybridized carbons (Fsp3) is 0.231. The second-order valence-corrected chi connectivity index (χ2v) is 9.37. The van der Waals surface area contributed by atoms with Crippen molar-refractivity contribution in [3.8, 4) is 16.6 Å². The number of fused-ring (bicyclic) bond motifs is 1. The van der Waals surface area contributed by atoms with Gasteiger partial charge in [-0.1, -0.05) is 35.9 Å². The molecule has 0 saturated heterocycles. The van der Waals surface area contributed by atoms with E-state index in [1.807, 2.05) is 29.2 Å². The predicted octanol–water partition coefficient (Wildman–Crippen LogP) is 5.01. The molecule has 1 aliphatic heterocycles. The summed E-state index contributed by atoms with van der Waals surface area (Å²) in [6.07, 6.45) is 3.62. The number of carbonyl (C=O) groups excluding carboxylic acids is 2. The molecule has 1 aromatic heterocycles. The molecule has 35 heavy (non-hydrogen) atoms. The second-order valence-electron chi connectivity index (χ2n) is 7.87. The molecule has 182 valence electrons. The summed E-state index contributed by atoms with van der Waals surface area (Å²) in [6.45, 7) is 1.13. The molecule has 1 atom stereocenters. The van der Waals surface area contributed by atoms with E-state index in [1.54, 1.807) is 24.3 Å². The van der Waals surface area contributed by atoms with E-state index >= 15 is 0 Å². The van der Waals surface area contributed by atoms with Crippen molar-refractivity contribution in [1.29, 1.82) is 0 Å². The van der Waals surface area contributed by atoms with Crippen molar-refractivity contribution in [2.45, 2.75) is 19.0 Å². The number of thiophene rings is 1. The quantitative estimate of drug-likeness (QED) is 0.351. The topological polar surface area (TPSA) is 85.3 Å². The normalized spacial score (nSPS) is 14.4. The Bertz CT molecular complexity index is 1270. The molecule has 0 aliphatic carbocycles. The van der Waals surface area contributed by atoms with Crippen LogP contribution in [0.1, 0.15) is 27.6 Å². The van der Waals surface area contributed by atoms with Gasteiger partial charge in [-0.3, -0.25) is 4.90 Å². The highest BCUT2D eigenvalue weighted by atomic mass is 35.5. The van der Waals surface area contributed by atoms with E-state index in [2.05, 4.69) is 0 Å². The standard InChI is InChI=1S/C26H24ClNO6S/c1-32-21-13-16(7-9-20(21)29)8-10-23(30)34-24-14-17-15-28(12-11-22(17)35-24)25(26(31)33-2)18-5-3-4-6-19(18)27/h3-10,13-14,25,29H,11-12,15H2,1-2H3/t25-/m0/s1. The first kappa shape index (κ1) is 24.8. The van der Waals surface area contributed by atoms with Gasteiger partial charge < -0.3 is 19.3 Å². The molecule has 2 aromatic carbocycles. The zero-order valence-electron chi connectivity index (χ0n) is 19.2. The van der Waals surface area contributed by atoms with Crippen molar-refractivity contribution in [2.75, 3.05) is 20.8 Å². The third-order valence-corrected chi connectivity index (χ3v) is 7.14. The fourth-order valence-corrected chi connectivity index (χ4v) is 5.23. The average Bonchev–Trinajstić information content (AvgIpc) is 3.26. The first-order chi connectivity index (χ1) is 16.9. The van der Waals surface area contributed by atoms with Crippen LogP contribution in [0.2, 0.25) is 5.02 Å². The molecule has 0 unspecified atom stereocenters. The summed E-state index contributed by atoms with van der Waals surface area (Å²) in [5.74, 6) is -0.553. The van der Waals surface area contributed by atoms with Crippen LogP contribution in [0.3, 0.4) is 0 Å². The van der Waals surface area contributed by atoms with Gasteiger partial charge in [0, 0.05) is 29.1 Å². The smallest absolute Gasteiger partial charge is 0.336 e. The zero-order chi connectivity index (χ0) is 24.9. The molecule has 0 fully saturated rings. The van der Waals surface area contributed by atoms with E-state index in [4.69, 9.17) is 25.8 Å². The number of carbonyl (C=O) groups is 2. The van der Waals surface area contributed by atoms with E-state index in [-0.39, 0.29) is 11.7 Å². The van der Waals surface area contributed by atoms with Crippen LogP contribution in [0.15, 0.2) is 54.6 Å². The number of nitrogens with zero attached hydrogens (tertiary/aromatic N) is 1. The molecule has 4 rings (SSSR count). The highest BCUT2D eigenvalue weighted by molar-refractivity contribution is 7.14. The number of hydrogen-bond donors (Lipinski definition) is 1. The predicted molar refractivity (Wildman–Crippen MR) is 134 cm³/mol. The third kappa shape index (κ3) is 5.67. The molecule has 0 radical (unpaired) electrons. The number of methoxy groups -OCH3 is 2. The number of halogens is 1. The van der Waals surface area contributed by atoms with Crippen molar-refractivity contribution >= 4 is 41.0 Å². The van der Waals surface area contributed by atoms with Gasteiger partial charge in [0.1, 0.15) is 6.04 Å². The van der Waals surface area contributed by atoms with Gasteiger partial charge >= 0.3 is 11.9 Å². The fourth-order valence-electron chi connectivity index (χ4n) is 3.97. The lowest BCUT2D eigenvalue weighted by Gasteiger charge is -2.33. The number of aromatic hydroxyl groups is 1. The van der Waals surface area contributed by atoms with Gasteiger partial charge in [-0.2, -0.15) is 0 Å². The van der Waals surface area contributed by atoms with Crippen molar-refractivity contribution < 1.29 is 28.9 Å². The van der Waals surface area contributed by atoms with E-state index in [9.17, 15) is 14.7 Å². The summed E-state index contributed by atoms with van der Waals surface area (Å²) in [5.41, 5.74) is 2.38. The van der Waals surface area contributed by atoms with E-state index in [1.165, 1.54) is 37.7 Å². The van der Waals surface area contributed by atoms with Gasteiger partial charge in [0.15, 0.2) is 16.6 Å². The second kappa shape index (κ2) is 10.9. The number of hydrogen-bond acceptors (Lipinski definition) is 8. The SMILES string of the molecule is COC(=O)[C@H](c1ccccc1Cl)N1CCc2sc(OC(=O)C=Cc3ccc(O)c(OC)c3)cc2C1. The van der Waals surface area contributed by atoms with Crippen molar-refractivity contribution in [1.82, 2.24) is 4.90 Å². The maximum absolute atomic E-state index is 12.7. The summed E-state index contributed by atoms with van der Waals surface area (Å²) in [4.78, 5) is 28.2. The van der Waals surface area contributed by atoms with Gasteiger partial charge in [-0.05, 0) is 53.5 Å². The summed E-state index contributed by atoms with van der Waals surface area (Å²) < 4.78 is 15.7. The van der Waals surface area contributed by atoms with Crippen LogP contribution in [0.25, 0.3) is 6.08 Å². The van der Waals surface area contributed by atoms with E-state index in [0.29, 0.717) is 46.5 Å². The van der Waals surface area contributed by atoms with Crippen LogP contribution in [-0.4, -0.2) is 42.7 Å².